The minimum atomic E-state index is 0.402. The van der Waals surface area contributed by atoms with E-state index in [0.29, 0.717) is 30.8 Å². The van der Waals surface area contributed by atoms with Gasteiger partial charge in [-0.25, -0.2) is 14.5 Å². The maximum absolute atomic E-state index is 6.20. The van der Waals surface area contributed by atoms with Gasteiger partial charge in [-0.1, -0.05) is 0 Å². The van der Waals surface area contributed by atoms with E-state index < -0.39 is 0 Å². The van der Waals surface area contributed by atoms with Crippen LogP contribution in [0, 0.1) is 5.92 Å². The van der Waals surface area contributed by atoms with Crippen molar-refractivity contribution in [1.29, 1.82) is 0 Å². The molecule has 1 saturated heterocycles. The van der Waals surface area contributed by atoms with Crippen LogP contribution in [0.1, 0.15) is 19.8 Å². The van der Waals surface area contributed by atoms with E-state index in [1.54, 1.807) is 24.0 Å². The van der Waals surface area contributed by atoms with Crippen LogP contribution >= 0.6 is 0 Å². The summed E-state index contributed by atoms with van der Waals surface area (Å²) in [6.07, 6.45) is 5.74. The van der Waals surface area contributed by atoms with Crippen LogP contribution in [0.5, 0.6) is 5.88 Å². The van der Waals surface area contributed by atoms with Crippen molar-refractivity contribution in [2.75, 3.05) is 51.5 Å². The van der Waals surface area contributed by atoms with Gasteiger partial charge in [0.15, 0.2) is 11.4 Å². The minimum absolute atomic E-state index is 0.402. The number of ether oxygens (including phenoxy) is 3. The molecule has 174 valence electrons. The Bertz CT molecular complexity index is 1210. The summed E-state index contributed by atoms with van der Waals surface area (Å²) in [5.74, 6) is 2.52. The highest BCUT2D eigenvalue weighted by Gasteiger charge is 2.19. The molecule has 9 heteroatoms. The maximum atomic E-state index is 6.20. The lowest BCUT2D eigenvalue weighted by atomic mass is 10.0. The number of likely N-dealkylation sites (N-methyl/N-ethyl adjacent to an activating group) is 1. The Morgan fingerprint density at radius 1 is 1.24 bits per heavy atom. The van der Waals surface area contributed by atoms with Crippen LogP contribution in [0.3, 0.4) is 0 Å². The van der Waals surface area contributed by atoms with Gasteiger partial charge in [0.25, 0.3) is 0 Å². The van der Waals surface area contributed by atoms with Crippen LogP contribution in [0.15, 0.2) is 41.1 Å². The molecule has 4 aromatic heterocycles. The summed E-state index contributed by atoms with van der Waals surface area (Å²) >= 11 is 0. The standard InChI is InChI=1S/C24H29N5O4/c1-3-28(10-12-30-2)24-18-13-21(33-20(18)8-9-25-24)19-14-26-22-6-7-23(27-29(19)22)32-16-17-5-4-11-31-15-17/h6-9,13-14,17H,3-5,10-12,15-16H2,1-2H3/t17-/m0/s1. The van der Waals surface area contributed by atoms with Crippen LogP contribution in [-0.4, -0.2) is 66.2 Å². The number of methoxy groups -OCH3 is 1. The summed E-state index contributed by atoms with van der Waals surface area (Å²) in [5, 5.41) is 5.62. The van der Waals surface area contributed by atoms with E-state index in [4.69, 9.17) is 18.6 Å². The molecule has 1 aliphatic rings. The molecule has 0 unspecified atom stereocenters. The summed E-state index contributed by atoms with van der Waals surface area (Å²) in [6.45, 7) is 6.49. The first-order valence-electron chi connectivity index (χ1n) is 11.4. The molecule has 0 aromatic carbocycles. The van der Waals surface area contributed by atoms with Gasteiger partial charge in [-0.2, -0.15) is 0 Å². The molecule has 0 bridgehead atoms. The highest BCUT2D eigenvalue weighted by molar-refractivity contribution is 5.91. The predicted molar refractivity (Wildman–Crippen MR) is 125 cm³/mol. The largest absolute Gasteiger partial charge is 0.476 e. The molecule has 4 aromatic rings. The molecule has 9 nitrogen and oxygen atoms in total. The highest BCUT2D eigenvalue weighted by Crippen LogP contribution is 2.33. The Morgan fingerprint density at radius 2 is 2.18 bits per heavy atom. The first-order valence-corrected chi connectivity index (χ1v) is 11.4. The second-order valence-corrected chi connectivity index (χ2v) is 8.21. The maximum Gasteiger partial charge on any atom is 0.231 e. The molecule has 0 spiro atoms. The zero-order chi connectivity index (χ0) is 22.6. The number of aromatic nitrogens is 4. The number of fused-ring (bicyclic) bond motifs is 2. The molecule has 1 aliphatic heterocycles. The highest BCUT2D eigenvalue weighted by atomic mass is 16.5. The van der Waals surface area contributed by atoms with E-state index in [1.165, 1.54) is 0 Å². The monoisotopic (exact) mass is 451 g/mol. The van der Waals surface area contributed by atoms with Gasteiger partial charge in [-0.15, -0.1) is 5.10 Å². The van der Waals surface area contributed by atoms with Gasteiger partial charge in [-0.05, 0) is 38.0 Å². The third-order valence-electron chi connectivity index (χ3n) is 5.98. The molecule has 0 radical (unpaired) electrons. The second-order valence-electron chi connectivity index (χ2n) is 8.21. The van der Waals surface area contributed by atoms with Crippen molar-refractivity contribution >= 4 is 22.4 Å². The van der Waals surface area contributed by atoms with Crippen LogP contribution in [0.2, 0.25) is 0 Å². The summed E-state index contributed by atoms with van der Waals surface area (Å²) < 4.78 is 24.7. The van der Waals surface area contributed by atoms with Gasteiger partial charge in [0.05, 0.1) is 31.4 Å². The quantitative estimate of drug-likeness (QED) is 0.380. The number of imidazole rings is 1. The smallest absolute Gasteiger partial charge is 0.231 e. The molecule has 1 atom stereocenters. The van der Waals surface area contributed by atoms with Crippen molar-refractivity contribution in [2.45, 2.75) is 19.8 Å². The van der Waals surface area contributed by atoms with E-state index in [-0.39, 0.29) is 0 Å². The molecule has 5 heterocycles. The first kappa shape index (κ1) is 21.7. The summed E-state index contributed by atoms with van der Waals surface area (Å²) in [4.78, 5) is 11.3. The molecule has 0 amide bonds. The molecule has 1 fully saturated rings. The Morgan fingerprint density at radius 3 is 3.00 bits per heavy atom. The second kappa shape index (κ2) is 9.76. The van der Waals surface area contributed by atoms with Crippen LogP contribution in [0.4, 0.5) is 5.82 Å². The van der Waals surface area contributed by atoms with Crippen LogP contribution in [-0.2, 0) is 9.47 Å². The van der Waals surface area contributed by atoms with Gasteiger partial charge in [-0.3, -0.25) is 0 Å². The summed E-state index contributed by atoms with van der Waals surface area (Å²) in [7, 11) is 1.70. The number of nitrogens with zero attached hydrogens (tertiary/aromatic N) is 5. The number of furan rings is 1. The van der Waals surface area contributed by atoms with Gasteiger partial charge >= 0.3 is 0 Å². The number of hydrogen-bond acceptors (Lipinski definition) is 8. The van der Waals surface area contributed by atoms with Crippen LogP contribution < -0.4 is 9.64 Å². The van der Waals surface area contributed by atoms with Gasteiger partial charge in [0.1, 0.15) is 17.1 Å². The third kappa shape index (κ3) is 4.51. The van der Waals surface area contributed by atoms with Gasteiger partial charge < -0.3 is 23.5 Å². The van der Waals surface area contributed by atoms with Crippen molar-refractivity contribution in [2.24, 2.45) is 5.92 Å². The predicted octanol–water partition coefficient (Wildman–Crippen LogP) is 3.82. The molecule has 0 aliphatic carbocycles. The lowest BCUT2D eigenvalue weighted by Gasteiger charge is -2.21. The third-order valence-corrected chi connectivity index (χ3v) is 5.98. The normalized spacial score (nSPS) is 16.5. The first-order chi connectivity index (χ1) is 16.3. The average Bonchev–Trinajstić information content (AvgIpc) is 3.48. The fraction of sp³-hybridized carbons (Fsp3) is 0.458. The summed E-state index contributed by atoms with van der Waals surface area (Å²) in [6, 6.07) is 7.64. The van der Waals surface area contributed by atoms with Crippen LogP contribution in [0.25, 0.3) is 28.1 Å². The Hall–Kier alpha value is -3.17. The summed E-state index contributed by atoms with van der Waals surface area (Å²) in [5.41, 5.74) is 2.26. The molecular weight excluding hydrogens is 422 g/mol. The minimum Gasteiger partial charge on any atom is -0.476 e. The fourth-order valence-electron chi connectivity index (χ4n) is 4.19. The molecular formula is C24H29N5O4. The Balaban J connectivity index is 1.44. The Kier molecular flexibility index (Phi) is 6.41. The number of pyridine rings is 1. The lowest BCUT2D eigenvalue weighted by Crippen LogP contribution is -2.27. The fourth-order valence-corrected chi connectivity index (χ4v) is 4.19. The van der Waals surface area contributed by atoms with Crippen molar-refractivity contribution < 1.29 is 18.6 Å². The van der Waals surface area contributed by atoms with Crippen molar-refractivity contribution in [3.63, 3.8) is 0 Å². The molecule has 0 N–H and O–H groups in total. The molecule has 33 heavy (non-hydrogen) atoms. The van der Waals surface area contributed by atoms with Crippen molar-refractivity contribution in [3.8, 4) is 17.3 Å². The van der Waals surface area contributed by atoms with Gasteiger partial charge in [0.2, 0.25) is 5.88 Å². The number of rotatable bonds is 9. The zero-order valence-electron chi connectivity index (χ0n) is 19.1. The lowest BCUT2D eigenvalue weighted by molar-refractivity contribution is 0.0342. The molecule has 5 rings (SSSR count). The van der Waals surface area contributed by atoms with Crippen molar-refractivity contribution in [3.05, 3.63) is 36.7 Å². The Labute approximate surface area is 192 Å². The zero-order valence-corrected chi connectivity index (χ0v) is 19.1. The van der Waals surface area contributed by atoms with E-state index in [0.717, 1.165) is 67.3 Å². The SMILES string of the molecule is CCN(CCOC)c1nccc2oc(-c3cnc4ccc(OC[C@H]5CCCOC5)nn34)cc12. The number of hydrogen-bond donors (Lipinski definition) is 0. The van der Waals surface area contributed by atoms with Gasteiger partial charge in [0, 0.05) is 45.0 Å². The van der Waals surface area contributed by atoms with E-state index in [1.807, 2.05) is 24.3 Å². The van der Waals surface area contributed by atoms with E-state index >= 15 is 0 Å². The topological polar surface area (TPSA) is 87.2 Å². The van der Waals surface area contributed by atoms with E-state index in [9.17, 15) is 0 Å². The molecule has 0 saturated carbocycles. The number of anilines is 1. The van der Waals surface area contributed by atoms with Crippen molar-refractivity contribution in [1.82, 2.24) is 19.6 Å². The van der Waals surface area contributed by atoms with E-state index in [2.05, 4.69) is 26.9 Å². The average molecular weight is 452 g/mol.